The van der Waals surface area contributed by atoms with Gasteiger partial charge in [0.1, 0.15) is 0 Å². The highest BCUT2D eigenvalue weighted by Crippen LogP contribution is 2.37. The fraction of sp³-hybridized carbons (Fsp3) is 0.688. The number of hydrogen-bond donors (Lipinski definition) is 0. The van der Waals surface area contributed by atoms with Gasteiger partial charge in [-0.25, -0.2) is 4.98 Å². The minimum atomic E-state index is -0.272. The Morgan fingerprint density at radius 1 is 1.29 bits per heavy atom. The zero-order valence-corrected chi connectivity index (χ0v) is 12.9. The van der Waals surface area contributed by atoms with Gasteiger partial charge in [0, 0.05) is 31.5 Å². The zero-order valence-electron chi connectivity index (χ0n) is 12.9. The van der Waals surface area contributed by atoms with Gasteiger partial charge in [-0.3, -0.25) is 4.90 Å². The first-order valence-electron chi connectivity index (χ1n) is 7.69. The van der Waals surface area contributed by atoms with E-state index in [0.717, 1.165) is 51.1 Å². The molecule has 0 atom stereocenters. The predicted octanol–water partition coefficient (Wildman–Crippen LogP) is 2.21. The summed E-state index contributed by atoms with van der Waals surface area (Å²) in [6.45, 7) is 2.33. The van der Waals surface area contributed by atoms with Gasteiger partial charge in [-0.05, 0) is 26.0 Å². The van der Waals surface area contributed by atoms with Crippen molar-refractivity contribution in [1.29, 1.82) is 0 Å². The lowest BCUT2D eigenvalue weighted by atomic mass is 9.89. The maximum absolute atomic E-state index is 5.79. The van der Waals surface area contributed by atoms with Crippen molar-refractivity contribution >= 4 is 0 Å². The van der Waals surface area contributed by atoms with Gasteiger partial charge in [0.25, 0.3) is 0 Å². The van der Waals surface area contributed by atoms with Gasteiger partial charge in [-0.2, -0.15) is 0 Å². The van der Waals surface area contributed by atoms with Crippen molar-refractivity contribution in [3.8, 4) is 5.88 Å². The maximum atomic E-state index is 5.79. The Labute approximate surface area is 126 Å². The molecule has 1 saturated carbocycles. The highest BCUT2D eigenvalue weighted by atomic mass is 16.7. The van der Waals surface area contributed by atoms with E-state index in [9.17, 15) is 0 Å². The molecular weight excluding hydrogens is 268 g/mol. The number of nitrogens with zero attached hydrogens (tertiary/aromatic N) is 2. The average molecular weight is 292 g/mol. The highest BCUT2D eigenvalue weighted by molar-refractivity contribution is 5.15. The van der Waals surface area contributed by atoms with Gasteiger partial charge >= 0.3 is 0 Å². The molecule has 1 aromatic rings. The maximum Gasteiger partial charge on any atom is 0.213 e. The summed E-state index contributed by atoms with van der Waals surface area (Å²) in [6.07, 6.45) is 4.21. The average Bonchev–Trinajstić information content (AvgIpc) is 2.96. The molecule has 1 spiro atoms. The molecule has 21 heavy (non-hydrogen) atoms. The van der Waals surface area contributed by atoms with Crippen molar-refractivity contribution in [2.45, 2.75) is 44.1 Å². The third-order valence-corrected chi connectivity index (χ3v) is 4.56. The smallest absolute Gasteiger partial charge is 0.213 e. The van der Waals surface area contributed by atoms with Crippen molar-refractivity contribution in [3.63, 3.8) is 0 Å². The van der Waals surface area contributed by atoms with Crippen LogP contribution in [0.2, 0.25) is 0 Å². The van der Waals surface area contributed by atoms with Crippen LogP contribution in [0.3, 0.4) is 0 Å². The van der Waals surface area contributed by atoms with E-state index in [4.69, 9.17) is 14.2 Å². The third-order valence-electron chi connectivity index (χ3n) is 4.56. The Morgan fingerprint density at radius 2 is 2.00 bits per heavy atom. The minimum Gasteiger partial charge on any atom is -0.481 e. The summed E-state index contributed by atoms with van der Waals surface area (Å²) in [5.74, 6) is 0.405. The van der Waals surface area contributed by atoms with Crippen LogP contribution in [0.15, 0.2) is 18.2 Å². The molecule has 5 heteroatoms. The second-order valence-electron chi connectivity index (χ2n) is 5.93. The Hall–Kier alpha value is -1.17. The first kappa shape index (κ1) is 14.8. The first-order valence-corrected chi connectivity index (χ1v) is 7.69. The largest absolute Gasteiger partial charge is 0.481 e. The van der Waals surface area contributed by atoms with Crippen molar-refractivity contribution in [1.82, 2.24) is 9.88 Å². The summed E-state index contributed by atoms with van der Waals surface area (Å²) in [7, 11) is 3.82. The molecule has 0 bridgehead atoms. The second kappa shape index (κ2) is 6.30. The van der Waals surface area contributed by atoms with Crippen LogP contribution < -0.4 is 4.74 Å². The molecule has 1 aliphatic heterocycles. The van der Waals surface area contributed by atoms with Crippen LogP contribution >= 0.6 is 0 Å². The fourth-order valence-electron chi connectivity index (χ4n) is 3.31. The monoisotopic (exact) mass is 292 g/mol. The van der Waals surface area contributed by atoms with Gasteiger partial charge in [0.2, 0.25) is 5.88 Å². The van der Waals surface area contributed by atoms with E-state index in [0.29, 0.717) is 11.9 Å². The van der Waals surface area contributed by atoms with E-state index in [1.807, 2.05) is 18.2 Å². The third kappa shape index (κ3) is 3.36. The van der Waals surface area contributed by atoms with Crippen LogP contribution in [0, 0.1) is 0 Å². The molecule has 0 aromatic carbocycles. The van der Waals surface area contributed by atoms with Crippen LogP contribution in [0.4, 0.5) is 0 Å². The molecule has 2 aliphatic rings. The van der Waals surface area contributed by atoms with Crippen molar-refractivity contribution in [2.24, 2.45) is 0 Å². The molecule has 116 valence electrons. The molecule has 0 unspecified atom stereocenters. The molecule has 5 nitrogen and oxygen atoms in total. The minimum absolute atomic E-state index is 0.272. The van der Waals surface area contributed by atoms with Crippen LogP contribution in [0.5, 0.6) is 5.88 Å². The van der Waals surface area contributed by atoms with E-state index in [1.165, 1.54) is 0 Å². The number of ether oxygens (including phenoxy) is 3. The van der Waals surface area contributed by atoms with Crippen molar-refractivity contribution < 1.29 is 14.2 Å². The normalized spacial score (nSPS) is 22.0. The highest BCUT2D eigenvalue weighted by Gasteiger charge is 2.41. The number of hydrogen-bond acceptors (Lipinski definition) is 5. The van der Waals surface area contributed by atoms with Gasteiger partial charge < -0.3 is 14.2 Å². The number of aromatic nitrogens is 1. The lowest BCUT2D eigenvalue weighted by Crippen LogP contribution is -2.42. The fourth-order valence-corrected chi connectivity index (χ4v) is 3.31. The zero-order chi connectivity index (χ0) is 14.7. The molecule has 2 heterocycles. The molecule has 1 aliphatic carbocycles. The molecular formula is C16H24N2O3. The van der Waals surface area contributed by atoms with E-state index in [1.54, 1.807) is 7.11 Å². The van der Waals surface area contributed by atoms with Gasteiger partial charge in [0.15, 0.2) is 5.79 Å². The SMILES string of the molecule is COc1cccc(CN(C)C2CCC3(CC2)OCCO3)n1. The Balaban J connectivity index is 1.55. The topological polar surface area (TPSA) is 43.8 Å². The molecule has 1 aromatic heterocycles. The van der Waals surface area contributed by atoms with E-state index >= 15 is 0 Å². The van der Waals surface area contributed by atoms with Crippen LogP contribution in [0.25, 0.3) is 0 Å². The van der Waals surface area contributed by atoms with E-state index in [-0.39, 0.29) is 5.79 Å². The van der Waals surface area contributed by atoms with Gasteiger partial charge in [-0.1, -0.05) is 6.07 Å². The summed E-state index contributed by atoms with van der Waals surface area (Å²) in [6, 6.07) is 6.48. The van der Waals surface area contributed by atoms with Crippen LogP contribution in [-0.2, 0) is 16.0 Å². The standard InChI is InChI=1S/C16H24N2O3/c1-18(12-13-4-3-5-15(17-13)19-2)14-6-8-16(9-7-14)20-10-11-21-16/h3-5,14H,6-12H2,1-2H3. The number of rotatable bonds is 4. The lowest BCUT2D eigenvalue weighted by molar-refractivity contribution is -0.183. The Bertz CT molecular complexity index is 464. The molecule has 0 radical (unpaired) electrons. The van der Waals surface area contributed by atoms with Gasteiger partial charge in [0.05, 0.1) is 26.0 Å². The summed E-state index contributed by atoms with van der Waals surface area (Å²) in [5, 5.41) is 0. The Kier molecular flexibility index (Phi) is 4.42. The van der Waals surface area contributed by atoms with Gasteiger partial charge in [-0.15, -0.1) is 0 Å². The van der Waals surface area contributed by atoms with Crippen molar-refractivity contribution in [2.75, 3.05) is 27.4 Å². The van der Waals surface area contributed by atoms with E-state index in [2.05, 4.69) is 16.9 Å². The summed E-state index contributed by atoms with van der Waals surface area (Å²) < 4.78 is 16.8. The van der Waals surface area contributed by atoms with Crippen molar-refractivity contribution in [3.05, 3.63) is 23.9 Å². The molecule has 0 amide bonds. The quantitative estimate of drug-likeness (QED) is 0.851. The summed E-state index contributed by atoms with van der Waals surface area (Å²) >= 11 is 0. The van der Waals surface area contributed by atoms with Crippen LogP contribution in [-0.4, -0.2) is 49.1 Å². The van der Waals surface area contributed by atoms with Crippen LogP contribution in [0.1, 0.15) is 31.4 Å². The number of methoxy groups -OCH3 is 1. The molecule has 0 N–H and O–H groups in total. The van der Waals surface area contributed by atoms with E-state index < -0.39 is 0 Å². The molecule has 1 saturated heterocycles. The summed E-state index contributed by atoms with van der Waals surface area (Å²) in [5.41, 5.74) is 1.05. The second-order valence-corrected chi connectivity index (χ2v) is 5.93. The predicted molar refractivity (Wildman–Crippen MR) is 79.1 cm³/mol. The molecule has 3 rings (SSSR count). The Morgan fingerprint density at radius 3 is 2.67 bits per heavy atom. The number of pyridine rings is 1. The lowest BCUT2D eigenvalue weighted by Gasteiger charge is -2.39. The molecule has 2 fully saturated rings. The first-order chi connectivity index (χ1) is 10.2. The summed E-state index contributed by atoms with van der Waals surface area (Å²) in [4.78, 5) is 6.86.